The summed E-state index contributed by atoms with van der Waals surface area (Å²) >= 11 is 0. The molecule has 94 valence electrons. The Balaban J connectivity index is 3.19. The number of amides is 1. The van der Waals surface area contributed by atoms with Crippen LogP contribution in [0.3, 0.4) is 0 Å². The zero-order chi connectivity index (χ0) is 13.2. The second-order valence-corrected chi connectivity index (χ2v) is 6.21. The topological polar surface area (TPSA) is 89.3 Å². The Morgan fingerprint density at radius 2 is 1.88 bits per heavy atom. The van der Waals surface area contributed by atoms with Gasteiger partial charge >= 0.3 is 0 Å². The number of carbonyl (C=O) groups excluding carboxylic acids is 1. The minimum absolute atomic E-state index is 0.0226. The number of hydrogen-bond acceptors (Lipinski definition) is 4. The third-order valence-corrected chi connectivity index (χ3v) is 3.13. The normalized spacial score (nSPS) is 11.5. The van der Waals surface area contributed by atoms with Crippen LogP contribution in [0.15, 0.2) is 23.1 Å². The Hall–Kier alpha value is -1.56. The third-order valence-electron chi connectivity index (χ3n) is 2.04. The Labute approximate surface area is 101 Å². The molecule has 0 aliphatic carbocycles. The molecule has 1 amide bonds. The van der Waals surface area contributed by atoms with E-state index in [0.717, 1.165) is 6.26 Å². The fourth-order valence-corrected chi connectivity index (χ4v) is 2.00. The number of anilines is 1. The lowest BCUT2D eigenvalue weighted by atomic mass is 10.2. The van der Waals surface area contributed by atoms with E-state index in [2.05, 4.69) is 5.32 Å². The fraction of sp³-hybridized carbons (Fsp3) is 0.364. The van der Waals surface area contributed by atoms with Crippen molar-refractivity contribution in [1.29, 1.82) is 0 Å². The molecule has 0 spiro atoms. The highest BCUT2D eigenvalue weighted by molar-refractivity contribution is 7.90. The van der Waals surface area contributed by atoms with Crippen LogP contribution in [-0.2, 0) is 9.84 Å². The molecule has 1 aromatic rings. The quantitative estimate of drug-likeness (QED) is 0.783. The second kappa shape index (κ2) is 4.75. The largest absolute Gasteiger partial charge is 0.399 e. The van der Waals surface area contributed by atoms with Crippen LogP contribution in [0, 0.1) is 0 Å². The molecule has 0 atom stereocenters. The Morgan fingerprint density at radius 3 is 2.35 bits per heavy atom. The van der Waals surface area contributed by atoms with Gasteiger partial charge in [-0.1, -0.05) is 0 Å². The highest BCUT2D eigenvalue weighted by Crippen LogP contribution is 2.16. The van der Waals surface area contributed by atoms with Gasteiger partial charge in [-0.05, 0) is 32.0 Å². The van der Waals surface area contributed by atoms with E-state index >= 15 is 0 Å². The predicted molar refractivity (Wildman–Crippen MR) is 66.6 cm³/mol. The highest BCUT2D eigenvalue weighted by atomic mass is 32.2. The Kier molecular flexibility index (Phi) is 3.77. The number of nitrogen functional groups attached to an aromatic ring is 1. The first kappa shape index (κ1) is 13.5. The maximum atomic E-state index is 11.7. The summed E-state index contributed by atoms with van der Waals surface area (Å²) in [4.78, 5) is 11.8. The summed E-state index contributed by atoms with van der Waals surface area (Å²) in [6.45, 7) is 3.64. The van der Waals surface area contributed by atoms with Crippen molar-refractivity contribution in [2.75, 3.05) is 12.0 Å². The van der Waals surface area contributed by atoms with Gasteiger partial charge < -0.3 is 11.1 Å². The van der Waals surface area contributed by atoms with E-state index in [1.807, 2.05) is 13.8 Å². The van der Waals surface area contributed by atoms with Gasteiger partial charge in [-0.15, -0.1) is 0 Å². The van der Waals surface area contributed by atoms with Gasteiger partial charge in [-0.2, -0.15) is 0 Å². The molecule has 0 saturated heterocycles. The zero-order valence-corrected chi connectivity index (χ0v) is 10.8. The van der Waals surface area contributed by atoms with E-state index in [1.165, 1.54) is 18.2 Å². The highest BCUT2D eigenvalue weighted by Gasteiger charge is 2.13. The summed E-state index contributed by atoms with van der Waals surface area (Å²) in [5.74, 6) is -0.336. The van der Waals surface area contributed by atoms with E-state index in [4.69, 9.17) is 5.73 Å². The first-order valence-corrected chi connectivity index (χ1v) is 7.01. The smallest absolute Gasteiger partial charge is 0.251 e. The lowest BCUT2D eigenvalue weighted by Gasteiger charge is -2.10. The molecule has 3 N–H and O–H groups in total. The van der Waals surface area contributed by atoms with E-state index < -0.39 is 9.84 Å². The maximum Gasteiger partial charge on any atom is 0.251 e. The van der Waals surface area contributed by atoms with Crippen LogP contribution in [0.4, 0.5) is 5.69 Å². The monoisotopic (exact) mass is 256 g/mol. The maximum absolute atomic E-state index is 11.7. The molecule has 5 nitrogen and oxygen atoms in total. The minimum Gasteiger partial charge on any atom is -0.399 e. The summed E-state index contributed by atoms with van der Waals surface area (Å²) in [5.41, 5.74) is 6.08. The Bertz CT molecular complexity index is 536. The molecule has 0 aromatic heterocycles. The summed E-state index contributed by atoms with van der Waals surface area (Å²) in [7, 11) is -3.37. The van der Waals surface area contributed by atoms with E-state index in [-0.39, 0.29) is 28.1 Å². The van der Waals surface area contributed by atoms with Crippen molar-refractivity contribution >= 4 is 21.4 Å². The van der Waals surface area contributed by atoms with Crippen LogP contribution in [0.25, 0.3) is 0 Å². The SMILES string of the molecule is CC(C)NC(=O)c1cc(N)cc(S(C)(=O)=O)c1. The molecule has 1 aromatic carbocycles. The van der Waals surface area contributed by atoms with Crippen LogP contribution < -0.4 is 11.1 Å². The molecule has 0 aliphatic heterocycles. The average Bonchev–Trinajstić information content (AvgIpc) is 2.14. The first-order chi connectivity index (χ1) is 7.70. The van der Waals surface area contributed by atoms with Crippen LogP contribution in [0.2, 0.25) is 0 Å². The van der Waals surface area contributed by atoms with Crippen LogP contribution in [0.1, 0.15) is 24.2 Å². The fourth-order valence-electron chi connectivity index (χ4n) is 1.31. The average molecular weight is 256 g/mol. The van der Waals surface area contributed by atoms with Crippen molar-refractivity contribution in [3.8, 4) is 0 Å². The van der Waals surface area contributed by atoms with E-state index in [0.29, 0.717) is 0 Å². The standard InChI is InChI=1S/C11H16N2O3S/c1-7(2)13-11(14)8-4-9(12)6-10(5-8)17(3,15)16/h4-7H,12H2,1-3H3,(H,13,14). The predicted octanol–water partition coefficient (Wildman–Crippen LogP) is 0.810. The first-order valence-electron chi connectivity index (χ1n) is 5.11. The van der Waals surface area contributed by atoms with E-state index in [9.17, 15) is 13.2 Å². The van der Waals surface area contributed by atoms with Gasteiger partial charge in [0.25, 0.3) is 5.91 Å². The summed E-state index contributed by atoms with van der Waals surface area (Å²) in [5, 5.41) is 2.68. The lowest BCUT2D eigenvalue weighted by molar-refractivity contribution is 0.0943. The van der Waals surface area contributed by atoms with Crippen molar-refractivity contribution < 1.29 is 13.2 Å². The molecule has 1 rings (SSSR count). The number of sulfone groups is 1. The summed E-state index contributed by atoms with van der Waals surface area (Å²) in [6, 6.07) is 4.09. The molecular weight excluding hydrogens is 240 g/mol. The third kappa shape index (κ3) is 3.74. The van der Waals surface area contributed by atoms with Crippen molar-refractivity contribution in [3.05, 3.63) is 23.8 Å². The molecule has 0 saturated carbocycles. The molecule has 0 radical (unpaired) electrons. The molecule has 0 bridgehead atoms. The molecule has 0 fully saturated rings. The number of nitrogens with two attached hydrogens (primary N) is 1. The van der Waals surface area contributed by atoms with Crippen molar-refractivity contribution in [2.24, 2.45) is 0 Å². The van der Waals surface area contributed by atoms with Gasteiger partial charge in [0.1, 0.15) is 0 Å². The van der Waals surface area contributed by atoms with Gasteiger partial charge in [0.15, 0.2) is 9.84 Å². The minimum atomic E-state index is -3.37. The van der Waals surface area contributed by atoms with Crippen LogP contribution in [0.5, 0.6) is 0 Å². The molecule has 0 heterocycles. The molecule has 0 aliphatic rings. The van der Waals surface area contributed by atoms with Gasteiger partial charge in [0.2, 0.25) is 0 Å². The zero-order valence-electron chi connectivity index (χ0n) is 10.0. The van der Waals surface area contributed by atoms with Gasteiger partial charge in [0.05, 0.1) is 4.90 Å². The number of nitrogens with one attached hydrogen (secondary N) is 1. The molecule has 6 heteroatoms. The summed E-state index contributed by atoms with van der Waals surface area (Å²) in [6.07, 6.45) is 1.08. The number of rotatable bonds is 3. The van der Waals surface area contributed by atoms with Crippen molar-refractivity contribution in [3.63, 3.8) is 0 Å². The van der Waals surface area contributed by atoms with Gasteiger partial charge in [-0.25, -0.2) is 8.42 Å². The van der Waals surface area contributed by atoms with Gasteiger partial charge in [-0.3, -0.25) is 4.79 Å². The lowest BCUT2D eigenvalue weighted by Crippen LogP contribution is -2.30. The Morgan fingerprint density at radius 1 is 1.29 bits per heavy atom. The van der Waals surface area contributed by atoms with Crippen LogP contribution in [-0.4, -0.2) is 26.6 Å². The molecule has 17 heavy (non-hydrogen) atoms. The van der Waals surface area contributed by atoms with Crippen molar-refractivity contribution in [1.82, 2.24) is 5.32 Å². The van der Waals surface area contributed by atoms with Crippen molar-refractivity contribution in [2.45, 2.75) is 24.8 Å². The number of carbonyl (C=O) groups is 1. The van der Waals surface area contributed by atoms with E-state index in [1.54, 1.807) is 0 Å². The number of hydrogen-bond donors (Lipinski definition) is 2. The molecule has 0 unspecified atom stereocenters. The van der Waals surface area contributed by atoms with Gasteiger partial charge in [0, 0.05) is 23.5 Å². The van der Waals surface area contributed by atoms with Crippen LogP contribution >= 0.6 is 0 Å². The second-order valence-electron chi connectivity index (χ2n) is 4.19. The number of benzene rings is 1. The molecular formula is C11H16N2O3S. The summed E-state index contributed by atoms with van der Waals surface area (Å²) < 4.78 is 22.8.